The molecule has 0 bridgehead atoms. The molecule has 1 aliphatic rings. The summed E-state index contributed by atoms with van der Waals surface area (Å²) in [5.41, 5.74) is 2.84. The van der Waals surface area contributed by atoms with E-state index in [4.69, 9.17) is 0 Å². The number of halogens is 1. The van der Waals surface area contributed by atoms with Crippen LogP contribution in [0.15, 0.2) is 24.4 Å². The molecule has 1 N–H and O–H groups in total. The predicted octanol–water partition coefficient (Wildman–Crippen LogP) is 1.87. The van der Waals surface area contributed by atoms with Gasteiger partial charge in [0.1, 0.15) is 5.82 Å². The fourth-order valence-corrected chi connectivity index (χ4v) is 2.03. The Kier molecular flexibility index (Phi) is 2.83. The Bertz CT molecular complexity index is 560. The highest BCUT2D eigenvalue weighted by Gasteiger charge is 2.21. The average molecular weight is 246 g/mol. The summed E-state index contributed by atoms with van der Waals surface area (Å²) < 4.78 is 15.1. The van der Waals surface area contributed by atoms with Gasteiger partial charge in [-0.3, -0.25) is 0 Å². The lowest BCUT2D eigenvalue weighted by Crippen LogP contribution is -2.16. The third kappa shape index (κ3) is 2.26. The lowest BCUT2D eigenvalue weighted by Gasteiger charge is -2.10. The van der Waals surface area contributed by atoms with Crippen LogP contribution in [-0.4, -0.2) is 21.0 Å². The molecule has 0 unspecified atom stereocenters. The fourth-order valence-electron chi connectivity index (χ4n) is 2.03. The summed E-state index contributed by atoms with van der Waals surface area (Å²) in [6.07, 6.45) is 4.14. The first-order chi connectivity index (χ1) is 8.74. The van der Waals surface area contributed by atoms with E-state index in [-0.39, 0.29) is 5.82 Å². The number of benzene rings is 1. The highest BCUT2D eigenvalue weighted by atomic mass is 19.1. The van der Waals surface area contributed by atoms with Gasteiger partial charge in [-0.15, -0.1) is 5.10 Å². The lowest BCUT2D eigenvalue weighted by molar-refractivity contribution is 0.619. The molecule has 1 fully saturated rings. The molecular formula is C13H15FN4. The minimum Gasteiger partial charge on any atom is -0.310 e. The molecule has 5 heteroatoms. The van der Waals surface area contributed by atoms with E-state index in [0.717, 1.165) is 16.8 Å². The molecule has 0 amide bonds. The zero-order valence-electron chi connectivity index (χ0n) is 10.2. The second-order valence-corrected chi connectivity index (χ2v) is 4.70. The van der Waals surface area contributed by atoms with E-state index in [1.54, 1.807) is 23.0 Å². The van der Waals surface area contributed by atoms with Crippen LogP contribution >= 0.6 is 0 Å². The SMILES string of the molecule is Cn1nncc1-c1ccc(F)cc1CNC1CC1. The van der Waals surface area contributed by atoms with Crippen molar-refractivity contribution in [1.82, 2.24) is 20.3 Å². The van der Waals surface area contributed by atoms with E-state index in [1.165, 1.54) is 18.9 Å². The maximum atomic E-state index is 13.4. The van der Waals surface area contributed by atoms with Crippen LogP contribution in [0.4, 0.5) is 4.39 Å². The third-order valence-electron chi connectivity index (χ3n) is 3.22. The van der Waals surface area contributed by atoms with Crippen molar-refractivity contribution >= 4 is 0 Å². The van der Waals surface area contributed by atoms with Crippen LogP contribution in [0.1, 0.15) is 18.4 Å². The zero-order chi connectivity index (χ0) is 12.5. The van der Waals surface area contributed by atoms with Crippen LogP contribution in [0.2, 0.25) is 0 Å². The normalized spacial score (nSPS) is 15.0. The molecule has 0 atom stereocenters. The quantitative estimate of drug-likeness (QED) is 0.895. The summed E-state index contributed by atoms with van der Waals surface area (Å²) in [6, 6.07) is 5.45. The van der Waals surface area contributed by atoms with Gasteiger partial charge in [0.05, 0.1) is 11.9 Å². The monoisotopic (exact) mass is 246 g/mol. The fraction of sp³-hybridized carbons (Fsp3) is 0.385. The highest BCUT2D eigenvalue weighted by Crippen LogP contribution is 2.25. The molecule has 4 nitrogen and oxygen atoms in total. The predicted molar refractivity (Wildman–Crippen MR) is 66.3 cm³/mol. The Morgan fingerprint density at radius 2 is 2.28 bits per heavy atom. The highest BCUT2D eigenvalue weighted by molar-refractivity contribution is 5.63. The maximum absolute atomic E-state index is 13.4. The largest absolute Gasteiger partial charge is 0.310 e. The number of hydrogen-bond donors (Lipinski definition) is 1. The van der Waals surface area contributed by atoms with Crippen molar-refractivity contribution in [3.8, 4) is 11.3 Å². The van der Waals surface area contributed by atoms with Crippen molar-refractivity contribution in [2.24, 2.45) is 7.05 Å². The Labute approximate surface area is 105 Å². The molecule has 1 aliphatic carbocycles. The standard InChI is InChI=1S/C13H15FN4/c1-18-13(8-16-17-18)12-5-2-10(14)6-9(12)7-15-11-3-4-11/h2,5-6,8,11,15H,3-4,7H2,1H3. The van der Waals surface area contributed by atoms with E-state index in [0.29, 0.717) is 12.6 Å². The number of rotatable bonds is 4. The van der Waals surface area contributed by atoms with Gasteiger partial charge in [0, 0.05) is 25.2 Å². The number of nitrogens with zero attached hydrogens (tertiary/aromatic N) is 3. The van der Waals surface area contributed by atoms with E-state index < -0.39 is 0 Å². The summed E-state index contributed by atoms with van der Waals surface area (Å²) >= 11 is 0. The van der Waals surface area contributed by atoms with Gasteiger partial charge in [-0.25, -0.2) is 9.07 Å². The van der Waals surface area contributed by atoms with E-state index in [9.17, 15) is 4.39 Å². The molecule has 0 radical (unpaired) electrons. The Morgan fingerprint density at radius 3 is 2.94 bits per heavy atom. The van der Waals surface area contributed by atoms with Crippen molar-refractivity contribution in [2.45, 2.75) is 25.4 Å². The molecule has 2 aromatic rings. The molecule has 94 valence electrons. The van der Waals surface area contributed by atoms with Crippen molar-refractivity contribution < 1.29 is 4.39 Å². The topological polar surface area (TPSA) is 42.7 Å². The zero-order valence-corrected chi connectivity index (χ0v) is 10.2. The molecule has 0 spiro atoms. The van der Waals surface area contributed by atoms with Crippen LogP contribution in [0.5, 0.6) is 0 Å². The minimum atomic E-state index is -0.207. The van der Waals surface area contributed by atoms with Crippen LogP contribution in [0.3, 0.4) is 0 Å². The van der Waals surface area contributed by atoms with Gasteiger partial charge < -0.3 is 5.32 Å². The Hall–Kier alpha value is -1.75. The van der Waals surface area contributed by atoms with Gasteiger partial charge in [-0.05, 0) is 36.6 Å². The van der Waals surface area contributed by atoms with Crippen LogP contribution < -0.4 is 5.32 Å². The van der Waals surface area contributed by atoms with Gasteiger partial charge >= 0.3 is 0 Å². The molecular weight excluding hydrogens is 231 g/mol. The van der Waals surface area contributed by atoms with Gasteiger partial charge in [0.2, 0.25) is 0 Å². The average Bonchev–Trinajstić information content (AvgIpc) is 3.09. The first-order valence-electron chi connectivity index (χ1n) is 6.11. The Balaban J connectivity index is 1.94. The first-order valence-corrected chi connectivity index (χ1v) is 6.11. The van der Waals surface area contributed by atoms with Crippen LogP contribution in [-0.2, 0) is 13.6 Å². The van der Waals surface area contributed by atoms with Gasteiger partial charge in [-0.2, -0.15) is 0 Å². The van der Waals surface area contributed by atoms with E-state index in [2.05, 4.69) is 15.6 Å². The number of aromatic nitrogens is 3. The molecule has 0 aliphatic heterocycles. The molecule has 1 aromatic carbocycles. The lowest BCUT2D eigenvalue weighted by atomic mass is 10.0. The molecule has 3 rings (SSSR count). The van der Waals surface area contributed by atoms with Crippen molar-refractivity contribution in [1.29, 1.82) is 0 Å². The molecule has 1 saturated carbocycles. The maximum Gasteiger partial charge on any atom is 0.123 e. The smallest absolute Gasteiger partial charge is 0.123 e. The van der Waals surface area contributed by atoms with Crippen LogP contribution in [0, 0.1) is 5.82 Å². The first kappa shape index (κ1) is 11.3. The molecule has 1 heterocycles. The number of hydrogen-bond acceptors (Lipinski definition) is 3. The van der Waals surface area contributed by atoms with Crippen molar-refractivity contribution in [2.75, 3.05) is 0 Å². The molecule has 0 saturated heterocycles. The second kappa shape index (κ2) is 4.49. The second-order valence-electron chi connectivity index (χ2n) is 4.70. The number of aryl methyl sites for hydroxylation is 1. The summed E-state index contributed by atoms with van der Waals surface area (Å²) in [4.78, 5) is 0. The van der Waals surface area contributed by atoms with E-state index in [1.807, 2.05) is 7.05 Å². The van der Waals surface area contributed by atoms with Gasteiger partial charge in [0.25, 0.3) is 0 Å². The third-order valence-corrected chi connectivity index (χ3v) is 3.22. The summed E-state index contributed by atoms with van der Waals surface area (Å²) in [5, 5.41) is 11.2. The summed E-state index contributed by atoms with van der Waals surface area (Å²) in [6.45, 7) is 0.683. The van der Waals surface area contributed by atoms with Gasteiger partial charge in [0.15, 0.2) is 0 Å². The number of nitrogens with one attached hydrogen (secondary N) is 1. The summed E-state index contributed by atoms with van der Waals surface area (Å²) in [5.74, 6) is -0.207. The molecule has 18 heavy (non-hydrogen) atoms. The van der Waals surface area contributed by atoms with Crippen LogP contribution in [0.25, 0.3) is 11.3 Å². The summed E-state index contributed by atoms with van der Waals surface area (Å²) in [7, 11) is 1.84. The van der Waals surface area contributed by atoms with E-state index >= 15 is 0 Å². The minimum absolute atomic E-state index is 0.207. The molecule has 1 aromatic heterocycles. The Morgan fingerprint density at radius 1 is 1.44 bits per heavy atom. The van der Waals surface area contributed by atoms with Crippen molar-refractivity contribution in [3.63, 3.8) is 0 Å². The van der Waals surface area contributed by atoms with Gasteiger partial charge in [-0.1, -0.05) is 5.21 Å². The van der Waals surface area contributed by atoms with Crippen molar-refractivity contribution in [3.05, 3.63) is 35.8 Å².